The summed E-state index contributed by atoms with van der Waals surface area (Å²) >= 11 is 0. The van der Waals surface area contributed by atoms with Gasteiger partial charge in [-0.3, -0.25) is 9.55 Å². The maximum atomic E-state index is 11.6. The van der Waals surface area contributed by atoms with Crippen molar-refractivity contribution < 1.29 is 9.84 Å². The first kappa shape index (κ1) is 10.1. The molecule has 0 bridgehead atoms. The van der Waals surface area contributed by atoms with Crippen LogP contribution in [-0.4, -0.2) is 21.8 Å². The molecule has 0 radical (unpaired) electrons. The number of ether oxygens (including phenoxy) is 1. The van der Waals surface area contributed by atoms with Crippen molar-refractivity contribution in [2.45, 2.75) is 38.1 Å². The molecule has 1 heterocycles. The van der Waals surface area contributed by atoms with Crippen LogP contribution in [0.25, 0.3) is 0 Å². The molecule has 0 unspecified atom stereocenters. The van der Waals surface area contributed by atoms with E-state index in [-0.39, 0.29) is 23.5 Å². The van der Waals surface area contributed by atoms with Crippen LogP contribution in [0.2, 0.25) is 0 Å². The van der Waals surface area contributed by atoms with Crippen molar-refractivity contribution >= 4 is 0 Å². The number of hydrogen-bond donors (Lipinski definition) is 2. The summed E-state index contributed by atoms with van der Waals surface area (Å²) in [5.74, 6) is 0.0833. The molecule has 2 N–H and O–H groups in total. The van der Waals surface area contributed by atoms with E-state index in [1.807, 2.05) is 0 Å². The number of aromatic hydroxyl groups is 1. The average molecular weight is 212 g/mol. The van der Waals surface area contributed by atoms with Gasteiger partial charge in [0.1, 0.15) is 0 Å². The van der Waals surface area contributed by atoms with Crippen LogP contribution in [-0.2, 0) is 0 Å². The van der Waals surface area contributed by atoms with Gasteiger partial charge in [-0.1, -0.05) is 19.3 Å². The molecule has 1 aliphatic rings. The van der Waals surface area contributed by atoms with E-state index < -0.39 is 0 Å². The summed E-state index contributed by atoms with van der Waals surface area (Å²) in [6.07, 6.45) is 5.35. The van der Waals surface area contributed by atoms with Crippen LogP contribution in [0.15, 0.2) is 4.79 Å². The smallest absolute Gasteiger partial charge is 0.331 e. The Kier molecular flexibility index (Phi) is 2.70. The van der Waals surface area contributed by atoms with Crippen LogP contribution in [0, 0.1) is 0 Å². The maximum absolute atomic E-state index is 11.6. The predicted octanol–water partition coefficient (Wildman–Crippen LogP) is 1.40. The number of nitrogens with zero attached hydrogens (tertiary/aromatic N) is 1. The lowest BCUT2D eigenvalue weighted by Gasteiger charge is -2.22. The fourth-order valence-corrected chi connectivity index (χ4v) is 2.24. The molecule has 0 aliphatic heterocycles. The number of H-pyrrole nitrogens is 1. The molecule has 0 saturated heterocycles. The van der Waals surface area contributed by atoms with E-state index in [0.29, 0.717) is 0 Å². The molecule has 1 saturated carbocycles. The number of hydrogen-bond acceptors (Lipinski definition) is 3. The molecule has 5 nitrogen and oxygen atoms in total. The van der Waals surface area contributed by atoms with E-state index in [1.54, 1.807) is 0 Å². The first-order valence-corrected chi connectivity index (χ1v) is 5.31. The van der Waals surface area contributed by atoms with E-state index in [1.165, 1.54) is 18.1 Å². The highest BCUT2D eigenvalue weighted by Crippen LogP contribution is 2.32. The molecule has 84 valence electrons. The molecule has 1 aromatic heterocycles. The monoisotopic (exact) mass is 212 g/mol. The third-order valence-electron chi connectivity index (χ3n) is 3.01. The van der Waals surface area contributed by atoms with Gasteiger partial charge in [0.15, 0.2) is 0 Å². The van der Waals surface area contributed by atoms with Gasteiger partial charge in [0.25, 0.3) is 11.8 Å². The molecule has 1 aliphatic carbocycles. The summed E-state index contributed by atoms with van der Waals surface area (Å²) in [5, 5.41) is 9.77. The van der Waals surface area contributed by atoms with Gasteiger partial charge >= 0.3 is 5.69 Å². The highest BCUT2D eigenvalue weighted by molar-refractivity contribution is 5.25. The molecule has 0 atom stereocenters. The molecule has 0 spiro atoms. The second-order valence-corrected chi connectivity index (χ2v) is 3.95. The average Bonchev–Trinajstić information content (AvgIpc) is 2.55. The van der Waals surface area contributed by atoms with E-state index in [9.17, 15) is 9.90 Å². The highest BCUT2D eigenvalue weighted by atomic mass is 16.5. The Morgan fingerprint density at radius 1 is 1.40 bits per heavy atom. The second-order valence-electron chi connectivity index (χ2n) is 3.95. The lowest BCUT2D eigenvalue weighted by atomic mass is 9.95. The quantitative estimate of drug-likeness (QED) is 0.778. The van der Waals surface area contributed by atoms with Crippen LogP contribution in [0.3, 0.4) is 0 Å². The van der Waals surface area contributed by atoms with E-state index in [2.05, 4.69) is 4.98 Å². The van der Waals surface area contributed by atoms with Crippen LogP contribution < -0.4 is 10.4 Å². The van der Waals surface area contributed by atoms with Crippen molar-refractivity contribution in [3.8, 4) is 11.8 Å². The first-order valence-electron chi connectivity index (χ1n) is 5.31. The van der Waals surface area contributed by atoms with E-state index in [0.717, 1.165) is 25.7 Å². The summed E-state index contributed by atoms with van der Waals surface area (Å²) in [5.41, 5.74) is -0.281. The molecule has 2 rings (SSSR count). The van der Waals surface area contributed by atoms with Crippen LogP contribution in [0.4, 0.5) is 0 Å². The minimum Gasteiger partial charge on any atom is -0.491 e. The fourth-order valence-electron chi connectivity index (χ4n) is 2.24. The van der Waals surface area contributed by atoms with Crippen LogP contribution in [0.1, 0.15) is 38.1 Å². The van der Waals surface area contributed by atoms with Crippen LogP contribution in [0.5, 0.6) is 11.8 Å². The Balaban J connectivity index is 2.33. The summed E-state index contributed by atoms with van der Waals surface area (Å²) in [6, 6.07) is 0.117. The fraction of sp³-hybridized carbons (Fsp3) is 0.700. The van der Waals surface area contributed by atoms with Gasteiger partial charge in [-0.15, -0.1) is 0 Å². The molecule has 0 amide bonds. The van der Waals surface area contributed by atoms with Crippen molar-refractivity contribution in [2.24, 2.45) is 0 Å². The van der Waals surface area contributed by atoms with Crippen molar-refractivity contribution in [3.63, 3.8) is 0 Å². The Morgan fingerprint density at radius 2 is 2.07 bits per heavy atom. The summed E-state index contributed by atoms with van der Waals surface area (Å²) in [7, 11) is 1.43. The first-order chi connectivity index (χ1) is 7.24. The number of methoxy groups -OCH3 is 1. The standard InChI is InChI=1S/C10H16N2O3/c1-15-8-9(13)12(10(14)11-8)7-5-3-2-4-6-7/h7,13H,2-6H2,1H3,(H,11,14). The van der Waals surface area contributed by atoms with Crippen molar-refractivity contribution in [3.05, 3.63) is 10.5 Å². The Bertz CT molecular complexity index is 388. The van der Waals surface area contributed by atoms with E-state index >= 15 is 0 Å². The zero-order valence-corrected chi connectivity index (χ0v) is 8.82. The summed E-state index contributed by atoms with van der Waals surface area (Å²) in [4.78, 5) is 14.1. The Morgan fingerprint density at radius 3 is 2.60 bits per heavy atom. The second kappa shape index (κ2) is 4.00. The minimum atomic E-state index is -0.281. The predicted molar refractivity (Wildman–Crippen MR) is 55.4 cm³/mol. The van der Waals surface area contributed by atoms with Gasteiger partial charge in [0.05, 0.1) is 7.11 Å². The Hall–Kier alpha value is -1.39. The summed E-state index contributed by atoms with van der Waals surface area (Å²) in [6.45, 7) is 0. The molecule has 1 aromatic rings. The highest BCUT2D eigenvalue weighted by Gasteiger charge is 2.23. The molecular formula is C10H16N2O3. The van der Waals surface area contributed by atoms with Crippen molar-refractivity contribution in [1.82, 2.24) is 9.55 Å². The molecule has 5 heteroatoms. The lowest BCUT2D eigenvalue weighted by molar-refractivity contribution is 0.295. The molecule has 0 aromatic carbocycles. The van der Waals surface area contributed by atoms with Crippen LogP contribution >= 0.6 is 0 Å². The third-order valence-corrected chi connectivity index (χ3v) is 3.01. The molecular weight excluding hydrogens is 196 g/mol. The van der Waals surface area contributed by atoms with Gasteiger partial charge in [-0.2, -0.15) is 0 Å². The van der Waals surface area contributed by atoms with Crippen molar-refractivity contribution in [2.75, 3.05) is 7.11 Å². The molecule has 15 heavy (non-hydrogen) atoms. The summed E-state index contributed by atoms with van der Waals surface area (Å²) < 4.78 is 6.29. The number of nitrogens with one attached hydrogen (secondary N) is 1. The normalized spacial score (nSPS) is 17.9. The van der Waals surface area contributed by atoms with Gasteiger partial charge in [0.2, 0.25) is 0 Å². The number of aromatic amines is 1. The third kappa shape index (κ3) is 1.73. The van der Waals surface area contributed by atoms with Gasteiger partial charge in [-0.05, 0) is 12.8 Å². The topological polar surface area (TPSA) is 67.2 Å². The van der Waals surface area contributed by atoms with Gasteiger partial charge < -0.3 is 9.84 Å². The number of imidazole rings is 1. The largest absolute Gasteiger partial charge is 0.491 e. The zero-order valence-electron chi connectivity index (χ0n) is 8.82. The number of aromatic nitrogens is 2. The lowest BCUT2D eigenvalue weighted by Crippen LogP contribution is -2.23. The minimum absolute atomic E-state index is 0.0746. The van der Waals surface area contributed by atoms with Crippen molar-refractivity contribution in [1.29, 1.82) is 0 Å². The zero-order chi connectivity index (χ0) is 10.8. The van der Waals surface area contributed by atoms with Gasteiger partial charge in [-0.25, -0.2) is 4.79 Å². The van der Waals surface area contributed by atoms with E-state index in [4.69, 9.17) is 4.74 Å². The Labute approximate surface area is 87.7 Å². The van der Waals surface area contributed by atoms with Gasteiger partial charge in [0, 0.05) is 6.04 Å². The number of rotatable bonds is 2. The maximum Gasteiger partial charge on any atom is 0.331 e. The molecule has 1 fully saturated rings. The SMILES string of the molecule is COc1[nH]c(=O)n(C2CCCCC2)c1O.